The van der Waals surface area contributed by atoms with E-state index in [-0.39, 0.29) is 17.9 Å². The van der Waals surface area contributed by atoms with Gasteiger partial charge in [0, 0.05) is 38.6 Å². The number of aromatic nitrogens is 2. The number of benzene rings is 1. The maximum absolute atomic E-state index is 12.3. The van der Waals surface area contributed by atoms with Crippen LogP contribution >= 0.6 is 0 Å². The molecule has 0 spiro atoms. The number of fused-ring (bicyclic) bond motifs is 1. The Morgan fingerprint density at radius 2 is 1.96 bits per heavy atom. The Balaban J connectivity index is 1.38. The van der Waals surface area contributed by atoms with E-state index in [4.69, 9.17) is 0 Å². The molecule has 1 aromatic heterocycles. The van der Waals surface area contributed by atoms with Gasteiger partial charge in [-0.25, -0.2) is 9.78 Å². The molecule has 1 aliphatic rings. The molecule has 0 atom stereocenters. The first-order valence-corrected chi connectivity index (χ1v) is 9.39. The zero-order chi connectivity index (χ0) is 18.4. The van der Waals surface area contributed by atoms with Crippen molar-refractivity contribution in [1.82, 2.24) is 25.1 Å². The van der Waals surface area contributed by atoms with Crippen LogP contribution in [0.25, 0.3) is 11.0 Å². The standard InChI is InChI=1S/C19H27N5O2/c1-2-20-18(25)15-8-12-23(13-9-15)19(26)21-10-5-11-24-14-22-16-6-3-4-7-17(16)24/h3-4,6-7,14-15H,2,5,8-13H2,1H3,(H,20,25)(H,21,26). The fourth-order valence-corrected chi connectivity index (χ4v) is 3.41. The number of hydrogen-bond donors (Lipinski definition) is 2. The molecule has 0 radical (unpaired) electrons. The van der Waals surface area contributed by atoms with Gasteiger partial charge in [-0.15, -0.1) is 0 Å². The van der Waals surface area contributed by atoms with Crippen molar-refractivity contribution >= 4 is 23.0 Å². The number of nitrogens with zero attached hydrogens (tertiary/aromatic N) is 3. The van der Waals surface area contributed by atoms with Crippen LogP contribution in [0.15, 0.2) is 30.6 Å². The first kappa shape index (κ1) is 18.2. The van der Waals surface area contributed by atoms with E-state index in [1.54, 1.807) is 0 Å². The minimum Gasteiger partial charge on any atom is -0.356 e. The highest BCUT2D eigenvalue weighted by Gasteiger charge is 2.26. The third-order valence-corrected chi connectivity index (χ3v) is 4.88. The molecular weight excluding hydrogens is 330 g/mol. The molecule has 7 heteroatoms. The minimum atomic E-state index is -0.0326. The lowest BCUT2D eigenvalue weighted by Crippen LogP contribution is -2.47. The van der Waals surface area contributed by atoms with Crippen LogP contribution in [0.4, 0.5) is 4.79 Å². The van der Waals surface area contributed by atoms with Crippen LogP contribution in [-0.2, 0) is 11.3 Å². The first-order chi connectivity index (χ1) is 12.7. The molecule has 1 saturated heterocycles. The van der Waals surface area contributed by atoms with Crippen molar-refractivity contribution in [1.29, 1.82) is 0 Å². The maximum Gasteiger partial charge on any atom is 0.317 e. The predicted octanol–water partition coefficient (Wildman–Crippen LogP) is 1.98. The molecular formula is C19H27N5O2. The quantitative estimate of drug-likeness (QED) is 0.776. The molecule has 0 saturated carbocycles. The summed E-state index contributed by atoms with van der Waals surface area (Å²) in [5, 5.41) is 5.85. The predicted molar refractivity (Wildman–Crippen MR) is 101 cm³/mol. The lowest BCUT2D eigenvalue weighted by Gasteiger charge is -2.31. The second-order valence-electron chi connectivity index (χ2n) is 6.67. The summed E-state index contributed by atoms with van der Waals surface area (Å²) in [6, 6.07) is 8.01. The Morgan fingerprint density at radius 3 is 2.73 bits per heavy atom. The van der Waals surface area contributed by atoms with Crippen LogP contribution in [-0.4, -0.2) is 52.6 Å². The summed E-state index contributed by atoms with van der Waals surface area (Å²) in [7, 11) is 0. The van der Waals surface area contributed by atoms with Gasteiger partial charge in [0.25, 0.3) is 0 Å². The van der Waals surface area contributed by atoms with Crippen molar-refractivity contribution in [2.75, 3.05) is 26.2 Å². The van der Waals surface area contributed by atoms with Crippen LogP contribution in [0.5, 0.6) is 0 Å². The SMILES string of the molecule is CCNC(=O)C1CCN(C(=O)NCCCn2cnc3ccccc32)CC1. The Bertz CT molecular complexity index is 749. The molecule has 3 rings (SSSR count). The second kappa shape index (κ2) is 8.69. The van der Waals surface area contributed by atoms with E-state index in [0.29, 0.717) is 26.2 Å². The number of aryl methyl sites for hydroxylation is 1. The highest BCUT2D eigenvalue weighted by molar-refractivity contribution is 5.79. The van der Waals surface area contributed by atoms with Crippen LogP contribution in [0, 0.1) is 5.92 Å². The topological polar surface area (TPSA) is 79.3 Å². The van der Waals surface area contributed by atoms with Gasteiger partial charge < -0.3 is 20.1 Å². The minimum absolute atomic E-state index is 0.0326. The number of hydrogen-bond acceptors (Lipinski definition) is 3. The first-order valence-electron chi connectivity index (χ1n) is 9.39. The number of amides is 3. The van der Waals surface area contributed by atoms with Crippen LogP contribution in [0.2, 0.25) is 0 Å². The second-order valence-corrected chi connectivity index (χ2v) is 6.67. The summed E-state index contributed by atoms with van der Waals surface area (Å²) < 4.78 is 2.11. The van der Waals surface area contributed by atoms with E-state index in [0.717, 1.165) is 36.8 Å². The molecule has 1 aliphatic heterocycles. The van der Waals surface area contributed by atoms with Crippen molar-refractivity contribution in [3.63, 3.8) is 0 Å². The van der Waals surface area contributed by atoms with Gasteiger partial charge in [-0.3, -0.25) is 4.79 Å². The smallest absolute Gasteiger partial charge is 0.317 e. The van der Waals surface area contributed by atoms with Gasteiger partial charge in [0.05, 0.1) is 17.4 Å². The van der Waals surface area contributed by atoms with Crippen molar-refractivity contribution in [2.45, 2.75) is 32.7 Å². The van der Waals surface area contributed by atoms with E-state index in [1.165, 1.54) is 0 Å². The fourth-order valence-electron chi connectivity index (χ4n) is 3.41. The number of urea groups is 1. The van der Waals surface area contributed by atoms with E-state index >= 15 is 0 Å². The number of para-hydroxylation sites is 2. The summed E-state index contributed by atoms with van der Waals surface area (Å²) in [5.74, 6) is 0.147. The summed E-state index contributed by atoms with van der Waals surface area (Å²) >= 11 is 0. The summed E-state index contributed by atoms with van der Waals surface area (Å²) in [6.07, 6.45) is 4.17. The fraction of sp³-hybridized carbons (Fsp3) is 0.526. The number of piperidine rings is 1. The molecule has 0 unspecified atom stereocenters. The Kier molecular flexibility index (Phi) is 6.09. The Labute approximate surface area is 153 Å². The van der Waals surface area contributed by atoms with Crippen molar-refractivity contribution in [2.24, 2.45) is 5.92 Å². The summed E-state index contributed by atoms with van der Waals surface area (Å²) in [6.45, 7) is 5.31. The molecule has 2 aromatic rings. The third-order valence-electron chi connectivity index (χ3n) is 4.88. The molecule has 140 valence electrons. The van der Waals surface area contributed by atoms with Gasteiger partial charge in [-0.05, 0) is 38.3 Å². The van der Waals surface area contributed by atoms with Gasteiger partial charge >= 0.3 is 6.03 Å². The van der Waals surface area contributed by atoms with Gasteiger partial charge in [0.2, 0.25) is 5.91 Å². The number of nitrogens with one attached hydrogen (secondary N) is 2. The molecule has 1 aromatic carbocycles. The van der Waals surface area contributed by atoms with Gasteiger partial charge in [0.15, 0.2) is 0 Å². The molecule has 0 bridgehead atoms. The number of likely N-dealkylation sites (tertiary alicyclic amines) is 1. The highest BCUT2D eigenvalue weighted by Crippen LogP contribution is 2.17. The summed E-state index contributed by atoms with van der Waals surface area (Å²) in [4.78, 5) is 30.3. The Hall–Kier alpha value is -2.57. The number of carbonyl (C=O) groups excluding carboxylic acids is 2. The molecule has 2 heterocycles. The van der Waals surface area contributed by atoms with Crippen LogP contribution in [0.3, 0.4) is 0 Å². The zero-order valence-electron chi connectivity index (χ0n) is 15.3. The third kappa shape index (κ3) is 4.33. The lowest BCUT2D eigenvalue weighted by atomic mass is 9.96. The number of carbonyl (C=O) groups is 2. The van der Waals surface area contributed by atoms with Crippen LogP contribution < -0.4 is 10.6 Å². The number of rotatable bonds is 6. The normalized spacial score (nSPS) is 15.2. The number of imidazole rings is 1. The van der Waals surface area contributed by atoms with Crippen molar-refractivity contribution < 1.29 is 9.59 Å². The highest BCUT2D eigenvalue weighted by atomic mass is 16.2. The average Bonchev–Trinajstić information content (AvgIpc) is 3.08. The average molecular weight is 357 g/mol. The zero-order valence-corrected chi connectivity index (χ0v) is 15.3. The molecule has 2 N–H and O–H groups in total. The molecule has 0 aliphatic carbocycles. The van der Waals surface area contributed by atoms with Gasteiger partial charge in [-0.1, -0.05) is 12.1 Å². The molecule has 3 amide bonds. The van der Waals surface area contributed by atoms with Crippen LogP contribution in [0.1, 0.15) is 26.2 Å². The van der Waals surface area contributed by atoms with E-state index < -0.39 is 0 Å². The summed E-state index contributed by atoms with van der Waals surface area (Å²) in [5.41, 5.74) is 2.11. The van der Waals surface area contributed by atoms with Gasteiger partial charge in [-0.2, -0.15) is 0 Å². The molecule has 1 fully saturated rings. The lowest BCUT2D eigenvalue weighted by molar-refractivity contribution is -0.126. The van der Waals surface area contributed by atoms with E-state index in [1.807, 2.05) is 36.4 Å². The van der Waals surface area contributed by atoms with Crippen molar-refractivity contribution in [3.8, 4) is 0 Å². The largest absolute Gasteiger partial charge is 0.356 e. The Morgan fingerprint density at radius 1 is 1.19 bits per heavy atom. The van der Waals surface area contributed by atoms with Crippen molar-refractivity contribution in [3.05, 3.63) is 30.6 Å². The molecule has 7 nitrogen and oxygen atoms in total. The van der Waals surface area contributed by atoms with Gasteiger partial charge in [0.1, 0.15) is 0 Å². The monoisotopic (exact) mass is 357 g/mol. The van der Waals surface area contributed by atoms with E-state index in [2.05, 4.69) is 26.3 Å². The van der Waals surface area contributed by atoms with E-state index in [9.17, 15) is 9.59 Å². The molecule has 26 heavy (non-hydrogen) atoms. The maximum atomic E-state index is 12.3.